The topological polar surface area (TPSA) is 48.1 Å². The molecule has 4 aromatic rings. The lowest BCUT2D eigenvalue weighted by Gasteiger charge is -2.27. The summed E-state index contributed by atoms with van der Waals surface area (Å²) in [6, 6.07) is 22.4. The van der Waals surface area contributed by atoms with Gasteiger partial charge in [0.05, 0.1) is 6.54 Å². The number of pyridine rings is 1. The predicted molar refractivity (Wildman–Crippen MR) is 142 cm³/mol. The van der Waals surface area contributed by atoms with Gasteiger partial charge >= 0.3 is 0 Å². The van der Waals surface area contributed by atoms with Crippen LogP contribution in [0.1, 0.15) is 36.1 Å². The minimum absolute atomic E-state index is 0.141. The van der Waals surface area contributed by atoms with Crippen LogP contribution < -0.4 is 10.9 Å². The molecule has 0 amide bonds. The van der Waals surface area contributed by atoms with Crippen molar-refractivity contribution < 1.29 is 4.39 Å². The van der Waals surface area contributed by atoms with Gasteiger partial charge in [0.2, 0.25) is 0 Å². The zero-order valence-electron chi connectivity index (χ0n) is 19.4. The molecule has 0 atom stereocenters. The number of nitrogens with zero attached hydrogens (tertiary/aromatic N) is 1. The Kier molecular flexibility index (Phi) is 7.38. The number of thiocarbonyl (C=S) groups is 1. The summed E-state index contributed by atoms with van der Waals surface area (Å²) in [7, 11) is 0. The molecule has 0 saturated carbocycles. The number of aromatic nitrogens is 1. The Labute approximate surface area is 204 Å². The number of aryl methyl sites for hydroxylation is 2. The van der Waals surface area contributed by atoms with Crippen molar-refractivity contribution in [3.8, 4) is 0 Å². The summed E-state index contributed by atoms with van der Waals surface area (Å²) in [4.78, 5) is 17.8. The van der Waals surface area contributed by atoms with E-state index in [0.717, 1.165) is 40.6 Å². The third-order valence-electron chi connectivity index (χ3n) is 5.97. The summed E-state index contributed by atoms with van der Waals surface area (Å²) in [5.41, 5.74) is 5.50. The van der Waals surface area contributed by atoms with Crippen LogP contribution in [-0.2, 0) is 25.9 Å². The van der Waals surface area contributed by atoms with Gasteiger partial charge in [-0.15, -0.1) is 0 Å². The van der Waals surface area contributed by atoms with Crippen LogP contribution in [0.2, 0.25) is 0 Å². The fraction of sp³-hybridized carbons (Fsp3) is 0.214. The Morgan fingerprint density at radius 2 is 1.65 bits per heavy atom. The van der Waals surface area contributed by atoms with Crippen molar-refractivity contribution in [3.63, 3.8) is 0 Å². The summed E-state index contributed by atoms with van der Waals surface area (Å²) in [5, 5.41) is 4.86. The minimum Gasteiger partial charge on any atom is -0.340 e. The van der Waals surface area contributed by atoms with Gasteiger partial charge < -0.3 is 15.2 Å². The van der Waals surface area contributed by atoms with E-state index in [1.54, 1.807) is 12.1 Å². The fourth-order valence-electron chi connectivity index (χ4n) is 4.00. The standard InChI is InChI=1S/C28H28FN3OS/c1-3-19-11-14-26-22(15-19)16-23(27(33)30-26)18-32(17-20-9-12-24(29)13-10-20)28(34)31-25-8-6-5-7-21(25)4-2/h5-16H,3-4,17-18H2,1-2H3,(H,30,33)(H,31,34). The monoisotopic (exact) mass is 473 g/mol. The van der Waals surface area contributed by atoms with E-state index in [1.807, 2.05) is 41.3 Å². The van der Waals surface area contributed by atoms with Crippen LogP contribution >= 0.6 is 12.2 Å². The van der Waals surface area contributed by atoms with Crippen molar-refractivity contribution in [3.05, 3.63) is 111 Å². The van der Waals surface area contributed by atoms with Crippen molar-refractivity contribution in [1.29, 1.82) is 0 Å². The van der Waals surface area contributed by atoms with Crippen LogP contribution in [0.15, 0.2) is 77.6 Å². The van der Waals surface area contributed by atoms with Gasteiger partial charge in [-0.25, -0.2) is 4.39 Å². The summed E-state index contributed by atoms with van der Waals surface area (Å²) < 4.78 is 13.5. The highest BCUT2D eigenvalue weighted by Crippen LogP contribution is 2.19. The average Bonchev–Trinajstić information content (AvgIpc) is 2.85. The average molecular weight is 474 g/mol. The number of benzene rings is 3. The molecule has 0 aliphatic rings. The molecule has 6 heteroatoms. The molecule has 0 aliphatic carbocycles. The molecule has 0 spiro atoms. The van der Waals surface area contributed by atoms with Gasteiger partial charge in [-0.2, -0.15) is 0 Å². The number of halogens is 1. The minimum atomic E-state index is -0.287. The molecule has 34 heavy (non-hydrogen) atoms. The quantitative estimate of drug-likeness (QED) is 0.314. The molecule has 0 bridgehead atoms. The molecule has 174 valence electrons. The maximum absolute atomic E-state index is 13.5. The molecular weight excluding hydrogens is 445 g/mol. The van der Waals surface area contributed by atoms with Gasteiger partial charge in [0.15, 0.2) is 5.11 Å². The fourth-order valence-corrected chi connectivity index (χ4v) is 4.24. The van der Waals surface area contributed by atoms with E-state index in [0.29, 0.717) is 23.8 Å². The Balaban J connectivity index is 1.67. The van der Waals surface area contributed by atoms with Gasteiger partial charge in [0.1, 0.15) is 5.82 Å². The first-order chi connectivity index (χ1) is 16.5. The lowest BCUT2D eigenvalue weighted by molar-refractivity contribution is 0.411. The number of H-pyrrole nitrogens is 1. The Bertz CT molecular complexity index is 1360. The highest BCUT2D eigenvalue weighted by atomic mass is 32.1. The van der Waals surface area contributed by atoms with Crippen molar-refractivity contribution >= 4 is 33.9 Å². The summed E-state index contributed by atoms with van der Waals surface area (Å²) in [6.07, 6.45) is 1.79. The number of fused-ring (bicyclic) bond motifs is 1. The molecule has 0 unspecified atom stereocenters. The second-order valence-corrected chi connectivity index (χ2v) is 8.71. The zero-order valence-corrected chi connectivity index (χ0v) is 20.2. The molecule has 0 fully saturated rings. The molecule has 0 aliphatic heterocycles. The van der Waals surface area contributed by atoms with Gasteiger partial charge in [-0.1, -0.05) is 50.2 Å². The first kappa shape index (κ1) is 23.6. The molecular formula is C28H28FN3OS. The number of anilines is 1. The maximum atomic E-state index is 13.5. The number of hydrogen-bond acceptors (Lipinski definition) is 2. The molecule has 1 heterocycles. The number of aromatic amines is 1. The highest BCUT2D eigenvalue weighted by molar-refractivity contribution is 7.80. The van der Waals surface area contributed by atoms with Crippen molar-refractivity contribution in [2.24, 2.45) is 0 Å². The van der Waals surface area contributed by atoms with Gasteiger partial charge in [-0.05, 0) is 83.5 Å². The van der Waals surface area contributed by atoms with Crippen molar-refractivity contribution in [2.45, 2.75) is 39.8 Å². The number of para-hydroxylation sites is 1. The molecule has 4 nitrogen and oxygen atoms in total. The molecule has 3 aromatic carbocycles. The van der Waals surface area contributed by atoms with Crippen molar-refractivity contribution in [2.75, 3.05) is 5.32 Å². The number of nitrogens with one attached hydrogen (secondary N) is 2. The first-order valence-electron chi connectivity index (χ1n) is 11.5. The summed E-state index contributed by atoms with van der Waals surface area (Å²) in [6.45, 7) is 4.96. The van der Waals surface area contributed by atoms with Crippen LogP contribution in [0.25, 0.3) is 10.9 Å². The Hall–Kier alpha value is -3.51. The van der Waals surface area contributed by atoms with Crippen LogP contribution in [0, 0.1) is 5.82 Å². The predicted octanol–water partition coefficient (Wildman–Crippen LogP) is 6.19. The molecule has 1 aromatic heterocycles. The highest BCUT2D eigenvalue weighted by Gasteiger charge is 2.16. The normalized spacial score (nSPS) is 10.9. The van der Waals surface area contributed by atoms with Gasteiger partial charge in [0.25, 0.3) is 5.56 Å². The van der Waals surface area contributed by atoms with Crippen LogP contribution in [0.3, 0.4) is 0 Å². The lowest BCUT2D eigenvalue weighted by Crippen LogP contribution is -2.35. The van der Waals surface area contributed by atoms with Gasteiger partial charge in [0, 0.05) is 23.3 Å². The largest absolute Gasteiger partial charge is 0.340 e. The van der Waals surface area contributed by atoms with E-state index in [4.69, 9.17) is 12.2 Å². The smallest absolute Gasteiger partial charge is 0.253 e. The Morgan fingerprint density at radius 3 is 2.38 bits per heavy atom. The number of rotatable bonds is 7. The van der Waals surface area contributed by atoms with Gasteiger partial charge in [-0.3, -0.25) is 4.79 Å². The SMILES string of the molecule is CCc1ccc2[nH]c(=O)c(CN(Cc3ccc(F)cc3)C(=S)Nc3ccccc3CC)cc2c1. The van der Waals surface area contributed by atoms with E-state index < -0.39 is 0 Å². The summed E-state index contributed by atoms with van der Waals surface area (Å²) >= 11 is 5.80. The van der Waals surface area contributed by atoms with E-state index in [1.165, 1.54) is 17.7 Å². The van der Waals surface area contributed by atoms with Crippen LogP contribution in [0.4, 0.5) is 10.1 Å². The van der Waals surface area contributed by atoms with Crippen LogP contribution in [0.5, 0.6) is 0 Å². The maximum Gasteiger partial charge on any atom is 0.253 e. The van der Waals surface area contributed by atoms with E-state index in [-0.39, 0.29) is 11.4 Å². The Morgan fingerprint density at radius 1 is 0.912 bits per heavy atom. The molecule has 4 rings (SSSR count). The third-order valence-corrected chi connectivity index (χ3v) is 6.33. The molecule has 0 saturated heterocycles. The second kappa shape index (κ2) is 10.6. The van der Waals surface area contributed by atoms with Crippen LogP contribution in [-0.4, -0.2) is 15.0 Å². The lowest BCUT2D eigenvalue weighted by atomic mass is 10.1. The zero-order chi connectivity index (χ0) is 24.1. The van der Waals surface area contributed by atoms with E-state index in [9.17, 15) is 9.18 Å². The van der Waals surface area contributed by atoms with E-state index in [2.05, 4.69) is 36.3 Å². The number of hydrogen-bond donors (Lipinski definition) is 2. The molecule has 2 N–H and O–H groups in total. The van der Waals surface area contributed by atoms with E-state index >= 15 is 0 Å². The summed E-state index contributed by atoms with van der Waals surface area (Å²) in [5.74, 6) is -0.287. The first-order valence-corrected chi connectivity index (χ1v) is 11.9. The third kappa shape index (κ3) is 5.51. The van der Waals surface area contributed by atoms with Crippen molar-refractivity contribution in [1.82, 2.24) is 9.88 Å². The molecule has 0 radical (unpaired) electrons. The second-order valence-electron chi connectivity index (χ2n) is 8.32.